The topological polar surface area (TPSA) is 0 Å². The van der Waals surface area contributed by atoms with Crippen LogP contribution in [0, 0.1) is 29.1 Å². The van der Waals surface area contributed by atoms with Gasteiger partial charge in [0.2, 0.25) is 0 Å². The summed E-state index contributed by atoms with van der Waals surface area (Å²) in [5, 5.41) is 0. The van der Waals surface area contributed by atoms with Crippen LogP contribution in [0.25, 0.3) is 11.1 Å². The maximum Gasteiger partial charge on any atom is -1.00 e. The summed E-state index contributed by atoms with van der Waals surface area (Å²) in [7, 11) is 0. The fraction of sp³-hybridized carbons (Fsp3) is 0.517. The van der Waals surface area contributed by atoms with E-state index in [4.69, 9.17) is 0 Å². The van der Waals surface area contributed by atoms with Crippen molar-refractivity contribution in [1.29, 1.82) is 0 Å². The van der Waals surface area contributed by atoms with Gasteiger partial charge in [-0.3, -0.25) is 0 Å². The number of rotatable bonds is 6. The first-order chi connectivity index (χ1) is 28.5. The second kappa shape index (κ2) is 17.1. The Morgan fingerprint density at radius 1 is 0.540 bits per heavy atom. The van der Waals surface area contributed by atoms with Gasteiger partial charge in [0.25, 0.3) is 0 Å². The maximum atomic E-state index is 2.80. The van der Waals surface area contributed by atoms with Crippen molar-refractivity contribution in [2.24, 2.45) is 29.1 Å². The molecule has 0 saturated heterocycles. The van der Waals surface area contributed by atoms with E-state index in [2.05, 4.69) is 188 Å². The van der Waals surface area contributed by atoms with Crippen molar-refractivity contribution in [2.45, 2.75) is 167 Å². The molecule has 1 atom stereocenters. The molecule has 4 aromatic rings. The number of benzene rings is 4. The Kier molecular flexibility index (Phi) is 13.2. The van der Waals surface area contributed by atoms with Crippen LogP contribution in [0.3, 0.4) is 0 Å². The average Bonchev–Trinajstić information content (AvgIpc) is 3.62. The van der Waals surface area contributed by atoms with Crippen LogP contribution in [0.5, 0.6) is 0 Å². The van der Waals surface area contributed by atoms with Gasteiger partial charge in [-0.2, -0.15) is 0 Å². The standard InChI is InChI=1S/C21H25.C21H26.C18H25.2ClH.Zr/c1-20(2,3)16-9-7-14-11-15-8-10-17(21(4,5)6)13-19(15)18(14)12-16;1-20(2,3)18-11-7-16(8-12-18)15-17-9-13-19(14-10-17)21(4,5)6;1-12-3-13(2)17(4-12)11-18-8-14-5-15(9-18)7-16(6-14)10-18;;;/h7-13H,1-6H3;7-14H,1-6H3;4,12,14-16H,5-11H2,1-2H3;2*1H;/q;;;;;+2/p-2. The van der Waals surface area contributed by atoms with E-state index in [9.17, 15) is 0 Å². The van der Waals surface area contributed by atoms with Crippen LogP contribution in [-0.2, 0) is 42.9 Å². The van der Waals surface area contributed by atoms with Gasteiger partial charge in [-0.05, 0) is 0 Å². The zero-order chi connectivity index (χ0) is 43.6. The van der Waals surface area contributed by atoms with Gasteiger partial charge >= 0.3 is 382 Å². The Morgan fingerprint density at radius 2 is 0.905 bits per heavy atom. The van der Waals surface area contributed by atoms with Gasteiger partial charge in [0.05, 0.1) is 0 Å². The molecule has 0 radical (unpaired) electrons. The van der Waals surface area contributed by atoms with E-state index >= 15 is 0 Å². The first kappa shape index (κ1) is 48.6. The second-order valence-corrected chi connectivity index (χ2v) is 31.1. The SMILES string of the molecule is CC1=[C]([Zr+2](=[C](c2ccc(C(C)(C)C)cc2)c2ccc(C(C)(C)C)cc2)[CH]2c3ccc(C(C)(C)C)cc3-c3cc(C(C)(C)C)ccc32)C(C)C=C1CC12CC3CC(CC(C3)C1)C2.[Cl-].[Cl-]. The third kappa shape index (κ3) is 9.11. The Hall–Kier alpha value is -2.31. The van der Waals surface area contributed by atoms with Crippen molar-refractivity contribution in [3.05, 3.63) is 150 Å². The molecule has 0 heterocycles. The van der Waals surface area contributed by atoms with E-state index in [0.717, 1.165) is 17.8 Å². The van der Waals surface area contributed by atoms with E-state index in [-0.39, 0.29) is 46.5 Å². The monoisotopic (exact) mass is 956 g/mol. The third-order valence-electron chi connectivity index (χ3n) is 16.2. The van der Waals surface area contributed by atoms with E-state index in [1.807, 2.05) is 3.28 Å². The first-order valence-electron chi connectivity index (χ1n) is 24.2. The predicted octanol–water partition coefficient (Wildman–Crippen LogP) is 10.3. The molecule has 10 rings (SSSR count). The number of halogens is 2. The van der Waals surface area contributed by atoms with Crippen molar-refractivity contribution in [2.75, 3.05) is 0 Å². The zero-order valence-electron chi connectivity index (χ0n) is 41.3. The molecule has 4 bridgehead atoms. The molecule has 334 valence electrons. The fourth-order valence-electron chi connectivity index (χ4n) is 13.3. The molecule has 4 fully saturated rings. The van der Waals surface area contributed by atoms with Crippen molar-refractivity contribution >= 4 is 3.21 Å². The van der Waals surface area contributed by atoms with Gasteiger partial charge in [0, 0.05) is 0 Å². The Morgan fingerprint density at radius 3 is 1.27 bits per heavy atom. The van der Waals surface area contributed by atoms with Gasteiger partial charge in [-0.25, -0.2) is 0 Å². The summed E-state index contributed by atoms with van der Waals surface area (Å²) in [5.74, 6) is 3.39. The van der Waals surface area contributed by atoms with Crippen molar-refractivity contribution < 1.29 is 46.1 Å². The summed E-state index contributed by atoms with van der Waals surface area (Å²) in [5.41, 5.74) is 19.0. The molecule has 3 heteroatoms. The molecule has 1 unspecified atom stereocenters. The molecule has 0 aliphatic heterocycles. The summed E-state index contributed by atoms with van der Waals surface area (Å²) in [6.45, 7) is 33.6. The van der Waals surface area contributed by atoms with Crippen molar-refractivity contribution in [3.8, 4) is 11.1 Å². The van der Waals surface area contributed by atoms with Crippen LogP contribution in [-0.4, -0.2) is 3.21 Å². The minimum Gasteiger partial charge on any atom is -1.00 e. The molecule has 6 aliphatic rings. The van der Waals surface area contributed by atoms with E-state index < -0.39 is 21.3 Å². The molecular weight excluding hydrogens is 883 g/mol. The molecule has 0 amide bonds. The predicted molar refractivity (Wildman–Crippen MR) is 260 cm³/mol. The molecule has 63 heavy (non-hydrogen) atoms. The van der Waals surface area contributed by atoms with E-state index in [1.165, 1.54) is 89.5 Å². The first-order valence-corrected chi connectivity index (χ1v) is 28.0. The van der Waals surface area contributed by atoms with Gasteiger partial charge in [-0.15, -0.1) is 0 Å². The number of hydrogen-bond acceptors (Lipinski definition) is 0. The molecule has 0 N–H and O–H groups in total. The molecule has 6 aliphatic carbocycles. The van der Waals surface area contributed by atoms with Gasteiger partial charge in [0.15, 0.2) is 0 Å². The van der Waals surface area contributed by atoms with E-state index in [0.29, 0.717) is 15.0 Å². The van der Waals surface area contributed by atoms with Gasteiger partial charge in [-0.1, -0.05) is 0 Å². The molecule has 0 nitrogen and oxygen atoms in total. The molecule has 0 aromatic heterocycles. The number of allylic oxidation sites excluding steroid dienone is 4. The van der Waals surface area contributed by atoms with Crippen LogP contribution in [0.2, 0.25) is 0 Å². The minimum atomic E-state index is -3.05. The van der Waals surface area contributed by atoms with Crippen LogP contribution in [0.15, 0.2) is 105 Å². The van der Waals surface area contributed by atoms with Crippen LogP contribution in [0.1, 0.15) is 190 Å². The Labute approximate surface area is 403 Å². The summed E-state index contributed by atoms with van der Waals surface area (Å²) in [4.78, 5) is 0. The summed E-state index contributed by atoms with van der Waals surface area (Å²) < 4.78 is 3.91. The quantitative estimate of drug-likeness (QED) is 0.181. The molecule has 0 spiro atoms. The van der Waals surface area contributed by atoms with Gasteiger partial charge < -0.3 is 24.8 Å². The maximum absolute atomic E-state index is 3.05. The molecule has 4 saturated carbocycles. The van der Waals surface area contributed by atoms with Crippen molar-refractivity contribution in [1.82, 2.24) is 0 Å². The van der Waals surface area contributed by atoms with E-state index in [1.54, 1.807) is 25.5 Å². The second-order valence-electron chi connectivity index (χ2n) is 25.1. The summed E-state index contributed by atoms with van der Waals surface area (Å²) in [6, 6.07) is 35.3. The summed E-state index contributed by atoms with van der Waals surface area (Å²) >= 11 is -3.05. The van der Waals surface area contributed by atoms with Crippen LogP contribution < -0.4 is 24.8 Å². The molecular formula is C60H76Cl2Zr. The Bertz CT molecular complexity index is 2300. The average molecular weight is 959 g/mol. The minimum absolute atomic E-state index is 0. The van der Waals surface area contributed by atoms with Crippen LogP contribution >= 0.6 is 0 Å². The normalized spacial score (nSPS) is 24.0. The largest absolute Gasteiger partial charge is 1.00 e. The smallest absolute Gasteiger partial charge is 1.00 e. The van der Waals surface area contributed by atoms with Crippen molar-refractivity contribution in [3.63, 3.8) is 0 Å². The number of hydrogen-bond donors (Lipinski definition) is 0. The Balaban J connectivity index is 0.00000298. The van der Waals surface area contributed by atoms with Gasteiger partial charge in [0.1, 0.15) is 0 Å². The number of fused-ring (bicyclic) bond motifs is 3. The van der Waals surface area contributed by atoms with Crippen LogP contribution in [0.4, 0.5) is 0 Å². The third-order valence-corrected chi connectivity index (χ3v) is 25.4. The zero-order valence-corrected chi connectivity index (χ0v) is 45.2. The molecule has 4 aromatic carbocycles. The fourth-order valence-corrected chi connectivity index (χ4v) is 23.3. The summed E-state index contributed by atoms with van der Waals surface area (Å²) in [6.07, 6.45) is 13.1.